The van der Waals surface area contributed by atoms with E-state index in [1.54, 1.807) is 0 Å². The summed E-state index contributed by atoms with van der Waals surface area (Å²) in [6.07, 6.45) is 0.930. The Labute approximate surface area is 125 Å². The van der Waals surface area contributed by atoms with Crippen LogP contribution in [-0.2, 0) is 13.0 Å². The molecule has 3 aromatic rings. The van der Waals surface area contributed by atoms with Gasteiger partial charge in [-0.1, -0.05) is 31.2 Å². The third-order valence-corrected chi connectivity index (χ3v) is 3.62. The predicted octanol–water partition coefficient (Wildman–Crippen LogP) is 3.99. The number of hydrogen-bond acceptors (Lipinski definition) is 2. The molecule has 0 spiro atoms. The zero-order valence-corrected chi connectivity index (χ0v) is 12.5. The van der Waals surface area contributed by atoms with Gasteiger partial charge < -0.3 is 9.30 Å². The van der Waals surface area contributed by atoms with E-state index in [9.17, 15) is 0 Å². The van der Waals surface area contributed by atoms with Gasteiger partial charge in [-0.2, -0.15) is 0 Å². The summed E-state index contributed by atoms with van der Waals surface area (Å²) in [5, 5.41) is 0. The number of ether oxygens (including phenoxy) is 1. The fraction of sp³-hybridized carbons (Fsp3) is 0.278. The Balaban J connectivity index is 1.75. The van der Waals surface area contributed by atoms with E-state index < -0.39 is 0 Å². The fourth-order valence-corrected chi connectivity index (χ4v) is 2.60. The molecule has 3 nitrogen and oxygen atoms in total. The minimum Gasteiger partial charge on any atom is -0.492 e. The first kappa shape index (κ1) is 13.7. The molecule has 3 heteroatoms. The molecule has 0 fully saturated rings. The number of para-hydroxylation sites is 2. The number of nitrogens with zero attached hydrogens (tertiary/aromatic N) is 2. The summed E-state index contributed by atoms with van der Waals surface area (Å²) in [6.45, 7) is 5.68. The Morgan fingerprint density at radius 2 is 1.95 bits per heavy atom. The van der Waals surface area contributed by atoms with E-state index in [1.165, 1.54) is 11.1 Å². The number of fused-ring (bicyclic) bond motifs is 1. The first-order chi connectivity index (χ1) is 10.3. The largest absolute Gasteiger partial charge is 0.492 e. The highest BCUT2D eigenvalue weighted by atomic mass is 16.5. The van der Waals surface area contributed by atoms with Crippen molar-refractivity contribution < 1.29 is 4.74 Å². The van der Waals surface area contributed by atoms with Gasteiger partial charge in [0, 0.05) is 6.42 Å². The molecule has 0 unspecified atom stereocenters. The van der Waals surface area contributed by atoms with Crippen LogP contribution in [0.4, 0.5) is 0 Å². The van der Waals surface area contributed by atoms with Crippen LogP contribution in [-0.4, -0.2) is 16.2 Å². The van der Waals surface area contributed by atoms with Gasteiger partial charge in [-0.3, -0.25) is 0 Å². The maximum atomic E-state index is 5.86. The molecule has 0 aliphatic rings. The first-order valence-electron chi connectivity index (χ1n) is 7.41. The van der Waals surface area contributed by atoms with Crippen LogP contribution in [0.2, 0.25) is 0 Å². The first-order valence-corrected chi connectivity index (χ1v) is 7.41. The average molecular weight is 280 g/mol. The molecule has 21 heavy (non-hydrogen) atoms. The molecule has 0 aliphatic heterocycles. The lowest BCUT2D eigenvalue weighted by Crippen LogP contribution is -2.10. The summed E-state index contributed by atoms with van der Waals surface area (Å²) in [5.74, 6) is 2.04. The number of benzene rings is 2. The lowest BCUT2D eigenvalue weighted by Gasteiger charge is -2.10. The van der Waals surface area contributed by atoms with E-state index in [0.717, 1.165) is 30.1 Å². The number of aryl methyl sites for hydroxylation is 2. The van der Waals surface area contributed by atoms with Crippen LogP contribution in [0.3, 0.4) is 0 Å². The standard InChI is InChI=1S/C18H20N2O/c1-3-18-19-16-9-4-5-10-17(16)20(18)11-12-21-15-8-6-7-14(2)13-15/h4-10,13H,3,11-12H2,1-2H3. The second-order valence-electron chi connectivity index (χ2n) is 5.19. The molecule has 0 amide bonds. The predicted molar refractivity (Wildman–Crippen MR) is 85.8 cm³/mol. The topological polar surface area (TPSA) is 27.1 Å². The second kappa shape index (κ2) is 6.00. The second-order valence-corrected chi connectivity index (χ2v) is 5.19. The summed E-state index contributed by atoms with van der Waals surface area (Å²) < 4.78 is 8.12. The monoisotopic (exact) mass is 280 g/mol. The Morgan fingerprint density at radius 3 is 2.76 bits per heavy atom. The zero-order valence-electron chi connectivity index (χ0n) is 12.5. The van der Waals surface area contributed by atoms with Crippen molar-refractivity contribution in [2.24, 2.45) is 0 Å². The molecule has 3 rings (SSSR count). The average Bonchev–Trinajstić information content (AvgIpc) is 2.86. The Hall–Kier alpha value is -2.29. The molecular formula is C18H20N2O. The van der Waals surface area contributed by atoms with Crippen LogP contribution in [0.15, 0.2) is 48.5 Å². The van der Waals surface area contributed by atoms with Crippen molar-refractivity contribution in [3.8, 4) is 5.75 Å². The molecule has 0 radical (unpaired) electrons. The number of hydrogen-bond donors (Lipinski definition) is 0. The molecule has 0 bridgehead atoms. The summed E-state index contributed by atoms with van der Waals surface area (Å²) in [6, 6.07) is 16.4. The molecule has 0 N–H and O–H groups in total. The number of aromatic nitrogens is 2. The van der Waals surface area contributed by atoms with Crippen molar-refractivity contribution in [1.29, 1.82) is 0 Å². The van der Waals surface area contributed by atoms with Gasteiger partial charge in [0.15, 0.2) is 0 Å². The SMILES string of the molecule is CCc1nc2ccccc2n1CCOc1cccc(C)c1. The van der Waals surface area contributed by atoms with E-state index in [-0.39, 0.29) is 0 Å². The molecule has 108 valence electrons. The van der Waals surface area contributed by atoms with Gasteiger partial charge in [0.25, 0.3) is 0 Å². The Bertz CT molecular complexity index is 746. The molecule has 0 saturated carbocycles. The van der Waals surface area contributed by atoms with Crippen LogP contribution in [0.1, 0.15) is 18.3 Å². The lowest BCUT2D eigenvalue weighted by molar-refractivity contribution is 0.298. The van der Waals surface area contributed by atoms with Crippen LogP contribution >= 0.6 is 0 Å². The van der Waals surface area contributed by atoms with E-state index in [0.29, 0.717) is 6.61 Å². The smallest absolute Gasteiger partial charge is 0.119 e. The summed E-state index contributed by atoms with van der Waals surface area (Å²) >= 11 is 0. The molecule has 0 atom stereocenters. The van der Waals surface area contributed by atoms with Gasteiger partial charge in [-0.05, 0) is 36.8 Å². The molecule has 1 heterocycles. The fourth-order valence-electron chi connectivity index (χ4n) is 2.60. The minimum absolute atomic E-state index is 0.650. The summed E-state index contributed by atoms with van der Waals surface area (Å²) in [5.41, 5.74) is 3.46. The van der Waals surface area contributed by atoms with E-state index >= 15 is 0 Å². The van der Waals surface area contributed by atoms with Crippen LogP contribution in [0, 0.1) is 6.92 Å². The third kappa shape index (κ3) is 2.92. The molecular weight excluding hydrogens is 260 g/mol. The van der Waals surface area contributed by atoms with Gasteiger partial charge in [0.1, 0.15) is 18.2 Å². The van der Waals surface area contributed by atoms with Crippen LogP contribution in [0.25, 0.3) is 11.0 Å². The lowest BCUT2D eigenvalue weighted by atomic mass is 10.2. The van der Waals surface area contributed by atoms with Gasteiger partial charge >= 0.3 is 0 Å². The van der Waals surface area contributed by atoms with Crippen molar-refractivity contribution in [1.82, 2.24) is 9.55 Å². The summed E-state index contributed by atoms with van der Waals surface area (Å²) in [4.78, 5) is 4.68. The quantitative estimate of drug-likeness (QED) is 0.706. The van der Waals surface area contributed by atoms with Crippen molar-refractivity contribution in [2.45, 2.75) is 26.8 Å². The van der Waals surface area contributed by atoms with Gasteiger partial charge in [-0.25, -0.2) is 4.98 Å². The van der Waals surface area contributed by atoms with Crippen molar-refractivity contribution in [3.05, 3.63) is 59.9 Å². The molecule has 0 saturated heterocycles. The number of imidazole rings is 1. The zero-order chi connectivity index (χ0) is 14.7. The van der Waals surface area contributed by atoms with E-state index in [2.05, 4.69) is 53.7 Å². The van der Waals surface area contributed by atoms with Crippen molar-refractivity contribution in [2.75, 3.05) is 6.61 Å². The molecule has 0 aliphatic carbocycles. The molecule has 2 aromatic carbocycles. The van der Waals surface area contributed by atoms with Gasteiger partial charge in [0.2, 0.25) is 0 Å². The van der Waals surface area contributed by atoms with E-state index in [1.807, 2.05) is 18.2 Å². The van der Waals surface area contributed by atoms with Gasteiger partial charge in [-0.15, -0.1) is 0 Å². The highest BCUT2D eigenvalue weighted by Crippen LogP contribution is 2.17. The van der Waals surface area contributed by atoms with Gasteiger partial charge in [0.05, 0.1) is 17.6 Å². The third-order valence-electron chi connectivity index (χ3n) is 3.62. The highest BCUT2D eigenvalue weighted by molar-refractivity contribution is 5.75. The van der Waals surface area contributed by atoms with Crippen molar-refractivity contribution >= 4 is 11.0 Å². The maximum absolute atomic E-state index is 5.86. The van der Waals surface area contributed by atoms with Crippen molar-refractivity contribution in [3.63, 3.8) is 0 Å². The maximum Gasteiger partial charge on any atom is 0.119 e. The van der Waals surface area contributed by atoms with Crippen LogP contribution < -0.4 is 4.74 Å². The number of rotatable bonds is 5. The Morgan fingerprint density at radius 1 is 1.10 bits per heavy atom. The highest BCUT2D eigenvalue weighted by Gasteiger charge is 2.08. The van der Waals surface area contributed by atoms with E-state index in [4.69, 9.17) is 4.74 Å². The molecule has 1 aromatic heterocycles. The summed E-state index contributed by atoms with van der Waals surface area (Å²) in [7, 11) is 0. The minimum atomic E-state index is 0.650. The van der Waals surface area contributed by atoms with Crippen LogP contribution in [0.5, 0.6) is 5.75 Å². The normalized spacial score (nSPS) is 11.0. The Kier molecular flexibility index (Phi) is 3.91.